The summed E-state index contributed by atoms with van der Waals surface area (Å²) in [5, 5.41) is 27.1. The number of nitro benzene ring substituents is 1. The molecule has 1 heterocycles. The van der Waals surface area contributed by atoms with Gasteiger partial charge < -0.3 is 20.4 Å². The average Bonchev–Trinajstić information content (AvgIpc) is 3.46. The number of nitrogens with one attached hydrogen (secondary N) is 4. The van der Waals surface area contributed by atoms with E-state index in [4.69, 9.17) is 9.94 Å². The quantitative estimate of drug-likeness (QED) is 0.0719. The van der Waals surface area contributed by atoms with Gasteiger partial charge in [0.05, 0.1) is 12.0 Å². The van der Waals surface area contributed by atoms with Crippen LogP contribution in [0.3, 0.4) is 0 Å². The van der Waals surface area contributed by atoms with E-state index in [0.717, 1.165) is 27.8 Å². The van der Waals surface area contributed by atoms with Crippen LogP contribution in [0.2, 0.25) is 0 Å². The number of hydroxylamine groups is 1. The van der Waals surface area contributed by atoms with Crippen molar-refractivity contribution in [3.05, 3.63) is 106 Å². The number of carbonyl (C=O) groups excluding carboxylic acids is 3. The van der Waals surface area contributed by atoms with Gasteiger partial charge in [-0.1, -0.05) is 48.5 Å². The largest absolute Gasteiger partial charge is 0.497 e. The number of carbonyl (C=O) groups is 3. The summed E-state index contributed by atoms with van der Waals surface area (Å²) in [6.45, 7) is 0.113. The van der Waals surface area contributed by atoms with Gasteiger partial charge in [0.1, 0.15) is 11.8 Å². The summed E-state index contributed by atoms with van der Waals surface area (Å²) in [5.74, 6) is -1.73. The van der Waals surface area contributed by atoms with Crippen LogP contribution in [-0.2, 0) is 33.6 Å². The van der Waals surface area contributed by atoms with E-state index in [-0.39, 0.29) is 31.5 Å². The number of fused-ring (bicyclic) bond motifs is 1. The van der Waals surface area contributed by atoms with Crippen molar-refractivity contribution in [1.82, 2.24) is 21.1 Å². The van der Waals surface area contributed by atoms with E-state index in [2.05, 4.69) is 15.6 Å². The molecule has 0 radical (unpaired) electrons. The number of hydrogen-bond acceptors (Lipinski definition) is 7. The first-order valence-electron chi connectivity index (χ1n) is 14.7. The SMILES string of the molecule is COc1ccc(CCC[C@H](CC(=O)NO)C(=O)N[C@@H](Cc2c[nH]c3ccccc23)C(=O)NCCc2ccccc2[N+](=O)[O-])cc1. The number of ether oxygens (including phenoxy) is 1. The van der Waals surface area contributed by atoms with Gasteiger partial charge >= 0.3 is 0 Å². The number of rotatable bonds is 16. The molecule has 1 aromatic heterocycles. The molecule has 0 bridgehead atoms. The minimum atomic E-state index is -0.997. The lowest BCUT2D eigenvalue weighted by atomic mass is 9.94. The number of nitrogens with zero attached hydrogens (tertiary/aromatic N) is 1. The van der Waals surface area contributed by atoms with Gasteiger partial charge in [-0.15, -0.1) is 0 Å². The summed E-state index contributed by atoms with van der Waals surface area (Å²) in [6.07, 6.45) is 3.49. The summed E-state index contributed by atoms with van der Waals surface area (Å²) >= 11 is 0. The number of aryl methyl sites for hydroxylation is 1. The van der Waals surface area contributed by atoms with E-state index >= 15 is 0 Å². The van der Waals surface area contributed by atoms with Crippen molar-refractivity contribution in [3.8, 4) is 5.75 Å². The molecule has 3 aromatic carbocycles. The smallest absolute Gasteiger partial charge is 0.272 e. The predicted molar refractivity (Wildman–Crippen MR) is 168 cm³/mol. The predicted octanol–water partition coefficient (Wildman–Crippen LogP) is 4.01. The lowest BCUT2D eigenvalue weighted by Crippen LogP contribution is -2.50. The van der Waals surface area contributed by atoms with Gasteiger partial charge in [-0.3, -0.25) is 29.7 Å². The molecule has 236 valence electrons. The molecule has 0 saturated carbocycles. The van der Waals surface area contributed by atoms with E-state index in [0.29, 0.717) is 24.8 Å². The number of hydrogen-bond donors (Lipinski definition) is 5. The zero-order valence-corrected chi connectivity index (χ0v) is 25.0. The molecule has 5 N–H and O–H groups in total. The molecule has 0 spiro atoms. The van der Waals surface area contributed by atoms with E-state index < -0.39 is 34.6 Å². The lowest BCUT2D eigenvalue weighted by molar-refractivity contribution is -0.385. The highest BCUT2D eigenvalue weighted by molar-refractivity contribution is 5.91. The molecular weight excluding hydrogens is 578 g/mol. The average molecular weight is 616 g/mol. The van der Waals surface area contributed by atoms with Gasteiger partial charge in [0.2, 0.25) is 17.7 Å². The molecule has 45 heavy (non-hydrogen) atoms. The van der Waals surface area contributed by atoms with Crippen LogP contribution in [0.25, 0.3) is 10.9 Å². The highest BCUT2D eigenvalue weighted by atomic mass is 16.6. The Kier molecular flexibility index (Phi) is 11.6. The van der Waals surface area contributed by atoms with E-state index in [1.165, 1.54) is 6.07 Å². The van der Waals surface area contributed by atoms with Crippen LogP contribution in [-0.4, -0.2) is 52.5 Å². The Morgan fingerprint density at radius 1 is 0.956 bits per heavy atom. The molecule has 12 nitrogen and oxygen atoms in total. The second-order valence-corrected chi connectivity index (χ2v) is 10.7. The third-order valence-corrected chi connectivity index (χ3v) is 7.72. The summed E-state index contributed by atoms with van der Waals surface area (Å²) in [7, 11) is 1.59. The summed E-state index contributed by atoms with van der Waals surface area (Å²) in [5.41, 5.74) is 4.77. The first-order valence-corrected chi connectivity index (χ1v) is 14.7. The molecule has 0 aliphatic rings. The maximum Gasteiger partial charge on any atom is 0.272 e. The van der Waals surface area contributed by atoms with Crippen LogP contribution < -0.4 is 20.9 Å². The first kappa shape index (κ1) is 32.7. The summed E-state index contributed by atoms with van der Waals surface area (Å²) in [6, 6.07) is 20.5. The van der Waals surface area contributed by atoms with Gasteiger partial charge in [0, 0.05) is 54.0 Å². The van der Waals surface area contributed by atoms with Crippen LogP contribution in [0.4, 0.5) is 5.69 Å². The van der Waals surface area contributed by atoms with Gasteiger partial charge in [0.25, 0.3) is 5.69 Å². The maximum atomic E-state index is 13.6. The van der Waals surface area contributed by atoms with Crippen LogP contribution in [0, 0.1) is 16.0 Å². The van der Waals surface area contributed by atoms with Crippen molar-refractivity contribution in [1.29, 1.82) is 0 Å². The Labute approximate surface area is 260 Å². The van der Waals surface area contributed by atoms with Crippen molar-refractivity contribution in [3.63, 3.8) is 0 Å². The van der Waals surface area contributed by atoms with E-state index in [1.807, 2.05) is 48.5 Å². The second kappa shape index (κ2) is 16.0. The monoisotopic (exact) mass is 615 g/mol. The van der Waals surface area contributed by atoms with Crippen molar-refractivity contribution in [2.24, 2.45) is 5.92 Å². The van der Waals surface area contributed by atoms with Crippen molar-refractivity contribution in [2.45, 2.75) is 44.6 Å². The molecule has 0 aliphatic heterocycles. The maximum absolute atomic E-state index is 13.6. The molecule has 3 amide bonds. The molecule has 0 unspecified atom stereocenters. The van der Waals surface area contributed by atoms with Crippen LogP contribution in [0.5, 0.6) is 5.75 Å². The summed E-state index contributed by atoms with van der Waals surface area (Å²) < 4.78 is 5.20. The van der Waals surface area contributed by atoms with Crippen LogP contribution in [0.1, 0.15) is 36.0 Å². The minimum absolute atomic E-state index is 0.0324. The zero-order valence-electron chi connectivity index (χ0n) is 25.0. The number of aromatic amines is 1. The lowest BCUT2D eigenvalue weighted by Gasteiger charge is -2.22. The van der Waals surface area contributed by atoms with Crippen molar-refractivity contribution < 1.29 is 29.3 Å². The number of aromatic nitrogens is 1. The molecule has 0 aliphatic carbocycles. The Balaban J connectivity index is 1.47. The van der Waals surface area contributed by atoms with Crippen molar-refractivity contribution in [2.75, 3.05) is 13.7 Å². The Morgan fingerprint density at radius 3 is 2.42 bits per heavy atom. The molecule has 4 rings (SSSR count). The molecule has 0 fully saturated rings. The third-order valence-electron chi connectivity index (χ3n) is 7.72. The fraction of sp³-hybridized carbons (Fsp3) is 0.303. The Morgan fingerprint density at radius 2 is 1.69 bits per heavy atom. The van der Waals surface area contributed by atoms with Crippen molar-refractivity contribution >= 4 is 34.3 Å². The van der Waals surface area contributed by atoms with Crippen LogP contribution >= 0.6 is 0 Å². The molecule has 2 atom stereocenters. The number of methoxy groups -OCH3 is 1. The van der Waals surface area contributed by atoms with Gasteiger partial charge in [-0.05, 0) is 55.0 Å². The number of H-pyrrole nitrogens is 1. The third kappa shape index (κ3) is 9.13. The van der Waals surface area contributed by atoms with Crippen LogP contribution in [0.15, 0.2) is 79.0 Å². The number of nitro groups is 1. The zero-order chi connectivity index (χ0) is 32.2. The molecule has 0 saturated heterocycles. The standard InChI is InChI=1S/C33H37N5O7/c1-45-26-15-13-22(14-16-26)7-6-9-24(20-31(39)37-42)32(40)36-29(19-25-21-35-28-11-4-3-10-27(25)28)33(41)34-18-17-23-8-2-5-12-30(23)38(43)44/h2-5,8,10-16,21,24,29,35,42H,6-7,9,17-20H2,1H3,(H,34,41)(H,36,40)(H,37,39)/t24-,29+/m1/s1. The summed E-state index contributed by atoms with van der Waals surface area (Å²) in [4.78, 5) is 53.3. The number of amides is 3. The Hall–Kier alpha value is -5.23. The highest BCUT2D eigenvalue weighted by Gasteiger charge is 2.28. The number of para-hydroxylation sites is 2. The minimum Gasteiger partial charge on any atom is -0.497 e. The second-order valence-electron chi connectivity index (χ2n) is 10.7. The number of benzene rings is 3. The van der Waals surface area contributed by atoms with Gasteiger partial charge in [0.15, 0.2) is 0 Å². The topological polar surface area (TPSA) is 176 Å². The molecule has 4 aromatic rings. The fourth-order valence-corrected chi connectivity index (χ4v) is 5.30. The normalized spacial score (nSPS) is 12.2. The molecular formula is C33H37N5O7. The van der Waals surface area contributed by atoms with Gasteiger partial charge in [-0.25, -0.2) is 5.48 Å². The highest BCUT2D eigenvalue weighted by Crippen LogP contribution is 2.22. The first-order chi connectivity index (χ1) is 21.8. The van der Waals surface area contributed by atoms with Gasteiger partial charge in [-0.2, -0.15) is 0 Å². The fourth-order valence-electron chi connectivity index (χ4n) is 5.30. The molecule has 12 heteroatoms. The van der Waals surface area contributed by atoms with E-state index in [1.54, 1.807) is 37.0 Å². The van der Waals surface area contributed by atoms with E-state index in [9.17, 15) is 24.5 Å². The Bertz CT molecular complexity index is 1620.